The molecule has 0 atom stereocenters. The first-order valence-electron chi connectivity index (χ1n) is 6.85. The first-order chi connectivity index (χ1) is 9.44. The molecule has 1 fully saturated rings. The number of sulfone groups is 1. The molecule has 0 aromatic heterocycles. The molecule has 1 aliphatic heterocycles. The lowest BCUT2D eigenvalue weighted by Gasteiger charge is -2.32. The molecule has 0 amide bonds. The fraction of sp³-hybridized carbons (Fsp3) is 0.571. The summed E-state index contributed by atoms with van der Waals surface area (Å²) >= 11 is 0. The van der Waals surface area contributed by atoms with Gasteiger partial charge in [0.1, 0.15) is 15.7 Å². The number of rotatable bonds is 5. The Hall–Kier alpha value is -1.14. The van der Waals surface area contributed by atoms with Crippen LogP contribution in [0.4, 0.5) is 10.1 Å². The number of para-hydroxylation sites is 1. The molecule has 1 aliphatic rings. The highest BCUT2D eigenvalue weighted by Crippen LogP contribution is 2.19. The maximum atomic E-state index is 13.5. The van der Waals surface area contributed by atoms with Gasteiger partial charge in [-0.25, -0.2) is 12.8 Å². The van der Waals surface area contributed by atoms with Crippen molar-refractivity contribution in [1.29, 1.82) is 0 Å². The number of piperidine rings is 1. The molecule has 0 aliphatic carbocycles. The second-order valence-electron chi connectivity index (χ2n) is 5.37. The number of halogens is 1. The molecule has 0 bridgehead atoms. The SMILES string of the molecule is CS(=O)(=O)CCN1CCC(Nc2ccccc2F)CC1. The summed E-state index contributed by atoms with van der Waals surface area (Å²) in [5.41, 5.74) is 0.544. The zero-order chi connectivity index (χ0) is 14.6. The molecule has 6 heteroatoms. The Labute approximate surface area is 119 Å². The van der Waals surface area contributed by atoms with E-state index < -0.39 is 9.84 Å². The van der Waals surface area contributed by atoms with E-state index in [2.05, 4.69) is 10.2 Å². The van der Waals surface area contributed by atoms with E-state index in [1.165, 1.54) is 12.3 Å². The van der Waals surface area contributed by atoms with Gasteiger partial charge in [-0.05, 0) is 25.0 Å². The van der Waals surface area contributed by atoms with Gasteiger partial charge in [-0.3, -0.25) is 0 Å². The molecule has 0 unspecified atom stereocenters. The van der Waals surface area contributed by atoms with Gasteiger partial charge in [-0.1, -0.05) is 12.1 Å². The van der Waals surface area contributed by atoms with Crippen LogP contribution in [0.5, 0.6) is 0 Å². The molecule has 1 aromatic carbocycles. The number of anilines is 1. The molecular formula is C14H21FN2O2S. The van der Waals surface area contributed by atoms with Gasteiger partial charge in [0.25, 0.3) is 0 Å². The van der Waals surface area contributed by atoms with Crippen molar-refractivity contribution in [3.05, 3.63) is 30.1 Å². The third-order valence-electron chi connectivity index (χ3n) is 3.60. The summed E-state index contributed by atoms with van der Waals surface area (Å²) in [5.74, 6) is -0.0229. The molecule has 0 saturated carbocycles. The number of nitrogens with one attached hydrogen (secondary N) is 1. The topological polar surface area (TPSA) is 49.4 Å². The summed E-state index contributed by atoms with van der Waals surface area (Å²) in [7, 11) is -2.90. The number of benzene rings is 1. The van der Waals surface area contributed by atoms with E-state index in [4.69, 9.17) is 0 Å². The Kier molecular flexibility index (Phi) is 4.99. The molecule has 1 N–H and O–H groups in total. The summed E-state index contributed by atoms with van der Waals surface area (Å²) in [6.07, 6.45) is 3.07. The van der Waals surface area contributed by atoms with Gasteiger partial charge in [0.05, 0.1) is 11.4 Å². The van der Waals surface area contributed by atoms with Crippen molar-refractivity contribution in [3.8, 4) is 0 Å². The molecule has 112 valence electrons. The van der Waals surface area contributed by atoms with Crippen LogP contribution in [-0.4, -0.2) is 51.0 Å². The van der Waals surface area contributed by atoms with Crippen molar-refractivity contribution >= 4 is 15.5 Å². The molecular weight excluding hydrogens is 279 g/mol. The lowest BCUT2D eigenvalue weighted by molar-refractivity contribution is 0.230. The third-order valence-corrected chi connectivity index (χ3v) is 4.52. The Morgan fingerprint density at radius 2 is 1.95 bits per heavy atom. The highest BCUT2D eigenvalue weighted by atomic mass is 32.2. The Bertz CT molecular complexity index is 540. The van der Waals surface area contributed by atoms with E-state index in [9.17, 15) is 12.8 Å². The Balaban J connectivity index is 1.79. The molecule has 1 aromatic rings. The van der Waals surface area contributed by atoms with Crippen molar-refractivity contribution in [1.82, 2.24) is 4.90 Å². The average Bonchev–Trinajstić information content (AvgIpc) is 2.40. The molecule has 1 heterocycles. The van der Waals surface area contributed by atoms with Crippen molar-refractivity contribution in [3.63, 3.8) is 0 Å². The first kappa shape index (κ1) is 15.3. The minimum Gasteiger partial charge on any atom is -0.380 e. The monoisotopic (exact) mass is 300 g/mol. The lowest BCUT2D eigenvalue weighted by Crippen LogP contribution is -2.41. The van der Waals surface area contributed by atoms with Crippen LogP contribution in [0, 0.1) is 5.82 Å². The van der Waals surface area contributed by atoms with E-state index in [0.29, 0.717) is 12.2 Å². The summed E-state index contributed by atoms with van der Waals surface area (Å²) in [4.78, 5) is 2.15. The highest BCUT2D eigenvalue weighted by molar-refractivity contribution is 7.90. The minimum atomic E-state index is -2.90. The fourth-order valence-electron chi connectivity index (χ4n) is 2.39. The van der Waals surface area contributed by atoms with Crippen molar-refractivity contribution in [2.75, 3.05) is 37.0 Å². The van der Waals surface area contributed by atoms with Crippen LogP contribution in [0.25, 0.3) is 0 Å². The van der Waals surface area contributed by atoms with Crippen molar-refractivity contribution in [2.24, 2.45) is 0 Å². The summed E-state index contributed by atoms with van der Waals surface area (Å²) < 4.78 is 35.8. The maximum Gasteiger partial charge on any atom is 0.148 e. The minimum absolute atomic E-state index is 0.207. The first-order valence-corrected chi connectivity index (χ1v) is 8.91. The molecule has 0 radical (unpaired) electrons. The summed E-state index contributed by atoms with van der Waals surface area (Å²) in [6.45, 7) is 2.29. The summed E-state index contributed by atoms with van der Waals surface area (Å²) in [5, 5.41) is 3.22. The van der Waals surface area contributed by atoms with Gasteiger partial charge in [-0.15, -0.1) is 0 Å². The molecule has 20 heavy (non-hydrogen) atoms. The van der Waals surface area contributed by atoms with Crippen LogP contribution < -0.4 is 5.32 Å². The van der Waals surface area contributed by atoms with E-state index >= 15 is 0 Å². The van der Waals surface area contributed by atoms with Crippen LogP contribution in [0.3, 0.4) is 0 Å². The predicted molar refractivity (Wildman–Crippen MR) is 79.2 cm³/mol. The van der Waals surface area contributed by atoms with Crippen LogP contribution in [0.15, 0.2) is 24.3 Å². The molecule has 1 saturated heterocycles. The average molecular weight is 300 g/mol. The van der Waals surface area contributed by atoms with Crippen LogP contribution >= 0.6 is 0 Å². The smallest absolute Gasteiger partial charge is 0.148 e. The standard InChI is InChI=1S/C14H21FN2O2S/c1-20(18,19)11-10-17-8-6-12(7-9-17)16-14-5-3-2-4-13(14)15/h2-5,12,16H,6-11H2,1H3. The molecule has 2 rings (SSSR count). The van der Waals surface area contributed by atoms with Crippen LogP contribution in [0.1, 0.15) is 12.8 Å². The zero-order valence-electron chi connectivity index (χ0n) is 11.7. The molecule has 0 spiro atoms. The Morgan fingerprint density at radius 1 is 1.30 bits per heavy atom. The Morgan fingerprint density at radius 3 is 2.55 bits per heavy atom. The maximum absolute atomic E-state index is 13.5. The lowest BCUT2D eigenvalue weighted by atomic mass is 10.0. The van der Waals surface area contributed by atoms with Gasteiger partial charge in [0.15, 0.2) is 0 Å². The van der Waals surface area contributed by atoms with Gasteiger partial charge in [-0.2, -0.15) is 0 Å². The van der Waals surface area contributed by atoms with E-state index in [-0.39, 0.29) is 17.6 Å². The van der Waals surface area contributed by atoms with Gasteiger partial charge >= 0.3 is 0 Å². The predicted octanol–water partition coefficient (Wildman–Crippen LogP) is 1.75. The number of nitrogens with zero attached hydrogens (tertiary/aromatic N) is 1. The van der Waals surface area contributed by atoms with Crippen LogP contribution in [0.2, 0.25) is 0 Å². The highest BCUT2D eigenvalue weighted by Gasteiger charge is 2.20. The second-order valence-corrected chi connectivity index (χ2v) is 7.63. The van der Waals surface area contributed by atoms with Crippen molar-refractivity contribution in [2.45, 2.75) is 18.9 Å². The third kappa shape index (κ3) is 4.76. The quantitative estimate of drug-likeness (QED) is 0.900. The summed E-state index contributed by atoms with van der Waals surface area (Å²) in [6, 6.07) is 6.93. The van der Waals surface area contributed by atoms with Crippen molar-refractivity contribution < 1.29 is 12.8 Å². The normalized spacial score (nSPS) is 18.1. The van der Waals surface area contributed by atoms with E-state index in [0.717, 1.165) is 25.9 Å². The second kappa shape index (κ2) is 6.54. The molecule has 4 nitrogen and oxygen atoms in total. The van der Waals surface area contributed by atoms with Gasteiger partial charge in [0, 0.05) is 31.9 Å². The fourth-order valence-corrected chi connectivity index (χ4v) is 2.98. The van der Waals surface area contributed by atoms with Gasteiger partial charge in [0.2, 0.25) is 0 Å². The number of hydrogen-bond acceptors (Lipinski definition) is 4. The van der Waals surface area contributed by atoms with Gasteiger partial charge < -0.3 is 10.2 Å². The number of likely N-dealkylation sites (tertiary alicyclic amines) is 1. The van der Waals surface area contributed by atoms with Crippen LogP contribution in [-0.2, 0) is 9.84 Å². The number of hydrogen-bond donors (Lipinski definition) is 1. The van der Waals surface area contributed by atoms with E-state index in [1.54, 1.807) is 12.1 Å². The zero-order valence-corrected chi connectivity index (χ0v) is 12.5. The largest absolute Gasteiger partial charge is 0.380 e. The van der Waals surface area contributed by atoms with E-state index in [1.807, 2.05) is 6.07 Å².